The minimum atomic E-state index is -2.60. The van der Waals surface area contributed by atoms with Crippen LogP contribution in [0.15, 0.2) is 18.2 Å². The fourth-order valence-corrected chi connectivity index (χ4v) is 1.58. The van der Waals surface area contributed by atoms with Crippen LogP contribution in [0.25, 0.3) is 0 Å². The summed E-state index contributed by atoms with van der Waals surface area (Å²) in [6.07, 6.45) is -2.60. The number of carbonyl (C=O) groups excluding carboxylic acids is 1. The molecule has 0 aromatic heterocycles. The Kier molecular flexibility index (Phi) is 4.87. The van der Waals surface area contributed by atoms with E-state index in [0.29, 0.717) is 17.9 Å². The van der Waals surface area contributed by atoms with E-state index in [0.717, 1.165) is 0 Å². The average Bonchev–Trinajstić information content (AvgIpc) is 2.28. The first kappa shape index (κ1) is 13.9. The van der Waals surface area contributed by atoms with Gasteiger partial charge in [0.2, 0.25) is 0 Å². The molecule has 0 N–H and O–H groups in total. The van der Waals surface area contributed by atoms with E-state index in [1.807, 2.05) is 0 Å². The van der Waals surface area contributed by atoms with Crippen molar-refractivity contribution in [2.24, 2.45) is 0 Å². The molecule has 1 rings (SSSR count). The second-order valence-electron chi connectivity index (χ2n) is 3.50. The molecule has 0 aliphatic rings. The van der Waals surface area contributed by atoms with Gasteiger partial charge in [-0.1, -0.05) is 0 Å². The maximum Gasteiger partial charge on any atom is 0.263 e. The SMILES string of the molecule is CCOc1ccc(C(F)F)cc1C(Cl)C(C)=O. The Balaban J connectivity index is 3.19. The Morgan fingerprint density at radius 2 is 2.12 bits per heavy atom. The first-order chi connectivity index (χ1) is 7.97. The van der Waals surface area contributed by atoms with Gasteiger partial charge in [0.25, 0.3) is 6.43 Å². The van der Waals surface area contributed by atoms with Crippen molar-refractivity contribution in [1.29, 1.82) is 0 Å². The molecule has 0 spiro atoms. The summed E-state index contributed by atoms with van der Waals surface area (Å²) in [5, 5.41) is -0.963. The van der Waals surface area contributed by atoms with Crippen molar-refractivity contribution in [2.75, 3.05) is 6.61 Å². The topological polar surface area (TPSA) is 26.3 Å². The van der Waals surface area contributed by atoms with Gasteiger partial charge in [-0.2, -0.15) is 0 Å². The van der Waals surface area contributed by atoms with Crippen LogP contribution in [0.1, 0.15) is 36.8 Å². The molecule has 0 aliphatic heterocycles. The van der Waals surface area contributed by atoms with Gasteiger partial charge in [-0.05, 0) is 32.0 Å². The molecule has 94 valence electrons. The first-order valence-electron chi connectivity index (χ1n) is 5.16. The highest BCUT2D eigenvalue weighted by molar-refractivity contribution is 6.31. The number of ether oxygens (including phenoxy) is 1. The molecule has 1 unspecified atom stereocenters. The molecule has 0 aliphatic carbocycles. The second-order valence-corrected chi connectivity index (χ2v) is 3.94. The van der Waals surface area contributed by atoms with E-state index in [1.165, 1.54) is 25.1 Å². The number of hydrogen-bond acceptors (Lipinski definition) is 2. The monoisotopic (exact) mass is 262 g/mol. The molecule has 0 saturated carbocycles. The summed E-state index contributed by atoms with van der Waals surface area (Å²) >= 11 is 5.88. The number of hydrogen-bond donors (Lipinski definition) is 0. The van der Waals surface area contributed by atoms with Crippen molar-refractivity contribution in [3.8, 4) is 5.75 Å². The molecule has 1 aromatic carbocycles. The Bertz CT molecular complexity index is 407. The summed E-state index contributed by atoms with van der Waals surface area (Å²) in [4.78, 5) is 11.2. The lowest BCUT2D eigenvalue weighted by Crippen LogP contribution is -2.06. The van der Waals surface area contributed by atoms with Gasteiger partial charge >= 0.3 is 0 Å². The fraction of sp³-hybridized carbons (Fsp3) is 0.417. The third-order valence-corrected chi connectivity index (χ3v) is 2.76. The van der Waals surface area contributed by atoms with Gasteiger partial charge in [-0.25, -0.2) is 8.78 Å². The Morgan fingerprint density at radius 3 is 2.59 bits per heavy atom. The quantitative estimate of drug-likeness (QED) is 0.753. The molecule has 0 amide bonds. The van der Waals surface area contributed by atoms with Gasteiger partial charge in [0.05, 0.1) is 6.61 Å². The number of rotatable bonds is 5. The number of halogens is 3. The first-order valence-corrected chi connectivity index (χ1v) is 5.60. The normalized spacial score (nSPS) is 12.6. The third kappa shape index (κ3) is 3.40. The lowest BCUT2D eigenvalue weighted by Gasteiger charge is -2.14. The molecule has 1 aromatic rings. The van der Waals surface area contributed by atoms with Crippen LogP contribution in [-0.2, 0) is 4.79 Å². The molecule has 17 heavy (non-hydrogen) atoms. The molecule has 0 fully saturated rings. The third-order valence-electron chi connectivity index (χ3n) is 2.22. The standard InChI is InChI=1S/C12H13ClF2O2/c1-3-17-10-5-4-8(12(14)15)6-9(10)11(13)7(2)16/h4-6,11-12H,3H2,1-2H3. The molecular weight excluding hydrogens is 250 g/mol. The fourth-order valence-electron chi connectivity index (χ4n) is 1.41. The van der Waals surface area contributed by atoms with Crippen LogP contribution in [-0.4, -0.2) is 12.4 Å². The van der Waals surface area contributed by atoms with Crippen molar-refractivity contribution in [1.82, 2.24) is 0 Å². The number of carbonyl (C=O) groups is 1. The minimum absolute atomic E-state index is 0.171. The van der Waals surface area contributed by atoms with Crippen molar-refractivity contribution < 1.29 is 18.3 Å². The molecule has 1 atom stereocenters. The van der Waals surface area contributed by atoms with Gasteiger partial charge in [0.15, 0.2) is 5.78 Å². The predicted molar refractivity (Wildman–Crippen MR) is 61.8 cm³/mol. The molecule has 5 heteroatoms. The van der Waals surface area contributed by atoms with Crippen LogP contribution < -0.4 is 4.74 Å². The molecule has 2 nitrogen and oxygen atoms in total. The van der Waals surface area contributed by atoms with E-state index in [4.69, 9.17) is 16.3 Å². The van der Waals surface area contributed by atoms with E-state index in [9.17, 15) is 13.6 Å². The minimum Gasteiger partial charge on any atom is -0.494 e. The molecule has 0 bridgehead atoms. The molecule has 0 saturated heterocycles. The van der Waals surface area contributed by atoms with Crippen molar-refractivity contribution in [2.45, 2.75) is 25.7 Å². The van der Waals surface area contributed by atoms with E-state index in [2.05, 4.69) is 0 Å². The van der Waals surface area contributed by atoms with E-state index in [-0.39, 0.29) is 11.3 Å². The highest BCUT2D eigenvalue weighted by Crippen LogP contribution is 2.34. The van der Waals surface area contributed by atoms with Crippen LogP contribution in [0.5, 0.6) is 5.75 Å². The van der Waals surface area contributed by atoms with Crippen molar-refractivity contribution in [3.05, 3.63) is 29.3 Å². The van der Waals surface area contributed by atoms with Gasteiger partial charge < -0.3 is 4.74 Å². The number of alkyl halides is 3. The van der Waals surface area contributed by atoms with Gasteiger partial charge in [-0.15, -0.1) is 11.6 Å². The summed E-state index contributed by atoms with van der Waals surface area (Å²) in [6.45, 7) is 3.45. The number of ketones is 1. The van der Waals surface area contributed by atoms with Crippen molar-refractivity contribution in [3.63, 3.8) is 0 Å². The van der Waals surface area contributed by atoms with E-state index >= 15 is 0 Å². The largest absolute Gasteiger partial charge is 0.494 e. The molecule has 0 radical (unpaired) electrons. The molecule has 0 heterocycles. The Hall–Kier alpha value is -1.16. The van der Waals surface area contributed by atoms with E-state index < -0.39 is 11.8 Å². The highest BCUT2D eigenvalue weighted by Gasteiger charge is 2.20. The van der Waals surface area contributed by atoms with E-state index in [1.54, 1.807) is 6.92 Å². The highest BCUT2D eigenvalue weighted by atomic mass is 35.5. The maximum absolute atomic E-state index is 12.6. The summed E-state index contributed by atoms with van der Waals surface area (Å²) in [5.41, 5.74) is 0.120. The Labute approximate surface area is 104 Å². The Morgan fingerprint density at radius 1 is 1.47 bits per heavy atom. The van der Waals surface area contributed by atoms with Crippen LogP contribution in [0.3, 0.4) is 0 Å². The zero-order valence-corrected chi connectivity index (χ0v) is 10.3. The zero-order chi connectivity index (χ0) is 13.0. The smallest absolute Gasteiger partial charge is 0.263 e. The number of Topliss-reactive ketones (excluding diaryl/α,β-unsaturated/α-hetero) is 1. The number of benzene rings is 1. The van der Waals surface area contributed by atoms with Gasteiger partial charge in [-0.3, -0.25) is 4.79 Å². The van der Waals surface area contributed by atoms with Crippen LogP contribution in [0.2, 0.25) is 0 Å². The lowest BCUT2D eigenvalue weighted by atomic mass is 10.0. The van der Waals surface area contributed by atoms with Crippen LogP contribution in [0, 0.1) is 0 Å². The molecular formula is C12H13ClF2O2. The summed E-state index contributed by atoms with van der Waals surface area (Å²) in [5.74, 6) is 0.0612. The summed E-state index contributed by atoms with van der Waals surface area (Å²) in [7, 11) is 0. The zero-order valence-electron chi connectivity index (χ0n) is 9.54. The lowest BCUT2D eigenvalue weighted by molar-refractivity contribution is -0.116. The van der Waals surface area contributed by atoms with Gasteiger partial charge in [0.1, 0.15) is 11.1 Å². The van der Waals surface area contributed by atoms with Crippen molar-refractivity contribution >= 4 is 17.4 Å². The second kappa shape index (κ2) is 5.96. The van der Waals surface area contributed by atoms with Gasteiger partial charge in [0, 0.05) is 11.1 Å². The van der Waals surface area contributed by atoms with Crippen LogP contribution in [0.4, 0.5) is 8.78 Å². The maximum atomic E-state index is 12.6. The predicted octanol–water partition coefficient (Wildman–Crippen LogP) is 3.89. The average molecular weight is 263 g/mol. The van der Waals surface area contributed by atoms with Crippen LogP contribution >= 0.6 is 11.6 Å². The summed E-state index contributed by atoms with van der Waals surface area (Å²) < 4.78 is 30.4. The summed E-state index contributed by atoms with van der Waals surface area (Å²) in [6, 6.07) is 3.90.